The highest BCUT2D eigenvalue weighted by molar-refractivity contribution is 7.86. The zero-order valence-corrected chi connectivity index (χ0v) is 27.6. The molecule has 0 spiro atoms. The molecule has 0 atom stereocenters. The third-order valence-electron chi connectivity index (χ3n) is 7.84. The van der Waals surface area contributed by atoms with E-state index in [1.807, 2.05) is 43.3 Å². The normalized spacial score (nSPS) is 16.2. The van der Waals surface area contributed by atoms with E-state index in [-0.39, 0.29) is 16.9 Å². The largest absolute Gasteiger partial charge is 0.344 e. The van der Waals surface area contributed by atoms with E-state index in [1.165, 1.54) is 5.56 Å². The van der Waals surface area contributed by atoms with Gasteiger partial charge in [-0.1, -0.05) is 61.3 Å². The van der Waals surface area contributed by atoms with E-state index in [9.17, 15) is 21.4 Å². The zero-order valence-electron chi connectivity index (χ0n) is 24.5. The molecule has 1 aliphatic heterocycles. The monoisotopic (exact) mass is 670 g/mol. The molecule has 9 nitrogen and oxygen atoms in total. The van der Waals surface area contributed by atoms with Crippen LogP contribution in [0.15, 0.2) is 54.2 Å². The maximum absolute atomic E-state index is 11.3. The fourth-order valence-corrected chi connectivity index (χ4v) is 7.27. The lowest BCUT2D eigenvalue weighted by Gasteiger charge is -2.27. The molecule has 1 aliphatic rings. The maximum Gasteiger partial charge on any atom is 0.282 e. The molecule has 0 unspecified atom stereocenters. The number of aryl methyl sites for hydroxylation is 2. The summed E-state index contributed by atoms with van der Waals surface area (Å²) in [6, 6.07) is 11.8. The maximum atomic E-state index is 11.3. The number of halogens is 2. The van der Waals surface area contributed by atoms with E-state index < -0.39 is 20.2 Å². The number of fused-ring (bicyclic) bond motifs is 2. The second-order valence-corrected chi connectivity index (χ2v) is 15.2. The highest BCUT2D eigenvalue weighted by Gasteiger charge is 2.39. The number of anilines is 1. The predicted octanol–water partition coefficient (Wildman–Crippen LogP) is 6.29. The Bertz CT molecular complexity index is 1780. The number of hydrogen-bond acceptors (Lipinski definition) is 5. The smallest absolute Gasteiger partial charge is 0.282 e. The summed E-state index contributed by atoms with van der Waals surface area (Å²) in [7, 11) is -8.06. The lowest BCUT2D eigenvalue weighted by Crippen LogP contribution is -2.36. The molecule has 13 heteroatoms. The van der Waals surface area contributed by atoms with Gasteiger partial charge in [-0.3, -0.25) is 9.11 Å². The van der Waals surface area contributed by atoms with Crippen LogP contribution in [-0.4, -0.2) is 48.6 Å². The molecule has 0 radical (unpaired) electrons. The van der Waals surface area contributed by atoms with Gasteiger partial charge in [0.05, 0.1) is 34.6 Å². The molecule has 2 heterocycles. The Morgan fingerprint density at radius 3 is 2.21 bits per heavy atom. The second kappa shape index (κ2) is 13.3. The fourth-order valence-electron chi connectivity index (χ4n) is 5.81. The van der Waals surface area contributed by atoms with Crippen molar-refractivity contribution in [1.82, 2.24) is 4.57 Å². The van der Waals surface area contributed by atoms with E-state index in [4.69, 9.17) is 27.8 Å². The number of unbranched alkanes of at least 4 members (excludes halogenated alkanes) is 2. The van der Waals surface area contributed by atoms with Gasteiger partial charge in [0.15, 0.2) is 11.0 Å². The van der Waals surface area contributed by atoms with Crippen molar-refractivity contribution in [2.24, 2.45) is 0 Å². The molecule has 0 amide bonds. The summed E-state index contributed by atoms with van der Waals surface area (Å²) >= 11 is 12.8. The first-order chi connectivity index (χ1) is 20.1. The van der Waals surface area contributed by atoms with Gasteiger partial charge < -0.3 is 4.90 Å². The third kappa shape index (κ3) is 7.82. The Morgan fingerprint density at radius 2 is 1.56 bits per heavy atom. The zero-order chi connectivity index (χ0) is 31.6. The van der Waals surface area contributed by atoms with Gasteiger partial charge in [-0.15, -0.1) is 0 Å². The van der Waals surface area contributed by atoms with E-state index in [1.54, 1.807) is 0 Å². The van der Waals surface area contributed by atoms with Gasteiger partial charge >= 0.3 is 0 Å². The number of imidazole rings is 1. The van der Waals surface area contributed by atoms with Crippen molar-refractivity contribution in [3.63, 3.8) is 0 Å². The molecule has 0 bridgehead atoms. The van der Waals surface area contributed by atoms with Crippen molar-refractivity contribution in [3.8, 4) is 0 Å². The third-order valence-corrected chi connectivity index (χ3v) is 10.2. The Balaban J connectivity index is 1.72. The van der Waals surface area contributed by atoms with Crippen molar-refractivity contribution >= 4 is 66.2 Å². The van der Waals surface area contributed by atoms with Crippen molar-refractivity contribution < 1.29 is 30.5 Å². The quantitative estimate of drug-likeness (QED) is 0.125. The van der Waals surface area contributed by atoms with Crippen molar-refractivity contribution in [2.75, 3.05) is 23.0 Å². The van der Waals surface area contributed by atoms with Gasteiger partial charge in [-0.25, -0.2) is 9.13 Å². The molecular formula is C30H38Cl2N3O6S2+. The lowest BCUT2D eigenvalue weighted by atomic mass is 9.84. The summed E-state index contributed by atoms with van der Waals surface area (Å²) in [5.74, 6) is 0.303. The Hall–Kier alpha value is -2.41. The van der Waals surface area contributed by atoms with E-state index in [0.717, 1.165) is 28.2 Å². The number of benzene rings is 2. The lowest BCUT2D eigenvalue weighted by molar-refractivity contribution is -0.674. The number of nitrogens with zero attached hydrogens (tertiary/aromatic N) is 3. The van der Waals surface area contributed by atoms with Crippen LogP contribution in [0, 0.1) is 0 Å². The van der Waals surface area contributed by atoms with Crippen LogP contribution in [0.4, 0.5) is 5.69 Å². The molecule has 2 N–H and O–H groups in total. The fraction of sp³-hybridized carbons (Fsp3) is 0.433. The molecular weight excluding hydrogens is 633 g/mol. The molecule has 2 aromatic carbocycles. The molecule has 0 fully saturated rings. The second-order valence-electron chi connectivity index (χ2n) is 11.2. The van der Waals surface area contributed by atoms with Gasteiger partial charge in [0.2, 0.25) is 0 Å². The molecule has 0 aliphatic carbocycles. The minimum absolute atomic E-state index is 0.273. The van der Waals surface area contributed by atoms with Crippen LogP contribution in [0.3, 0.4) is 0 Å². The van der Waals surface area contributed by atoms with Crippen molar-refractivity contribution in [3.05, 3.63) is 75.7 Å². The Labute approximate surface area is 263 Å². The summed E-state index contributed by atoms with van der Waals surface area (Å²) in [5, 5.41) is 0.856. The summed E-state index contributed by atoms with van der Waals surface area (Å²) in [6.45, 7) is 8.10. The first-order valence-electron chi connectivity index (χ1n) is 14.2. The molecule has 43 heavy (non-hydrogen) atoms. The topological polar surface area (TPSA) is 121 Å². The van der Waals surface area contributed by atoms with Crippen LogP contribution in [0.1, 0.15) is 57.8 Å². The van der Waals surface area contributed by atoms with Gasteiger partial charge in [0, 0.05) is 41.6 Å². The van der Waals surface area contributed by atoms with Crippen LogP contribution in [-0.2, 0) is 38.7 Å². The highest BCUT2D eigenvalue weighted by atomic mass is 35.5. The van der Waals surface area contributed by atoms with E-state index >= 15 is 0 Å². The van der Waals surface area contributed by atoms with Gasteiger partial charge in [0.1, 0.15) is 0 Å². The van der Waals surface area contributed by atoms with Gasteiger partial charge in [-0.05, 0) is 50.3 Å². The van der Waals surface area contributed by atoms with E-state index in [2.05, 4.69) is 46.1 Å². The van der Waals surface area contributed by atoms with Crippen molar-refractivity contribution in [2.45, 2.75) is 65.0 Å². The van der Waals surface area contributed by atoms with Crippen LogP contribution in [0.5, 0.6) is 0 Å². The van der Waals surface area contributed by atoms with Crippen LogP contribution >= 0.6 is 23.2 Å². The summed E-state index contributed by atoms with van der Waals surface area (Å²) < 4.78 is 67.6. The SMILES string of the molecule is CCn1c(C=CC=C2N(CCCCS(=O)(=O)O)c3ccccc3C2(C)C)[n+](CCCCS(=O)(=O)O)c2cc(Cl)c(Cl)cc21. The summed E-state index contributed by atoms with van der Waals surface area (Å²) in [6.07, 6.45) is 7.83. The number of aromatic nitrogens is 2. The predicted molar refractivity (Wildman–Crippen MR) is 173 cm³/mol. The summed E-state index contributed by atoms with van der Waals surface area (Å²) in [4.78, 5) is 2.21. The Kier molecular flexibility index (Phi) is 10.4. The molecule has 0 saturated carbocycles. The average molecular weight is 672 g/mol. The number of allylic oxidation sites excluding steroid dienone is 3. The van der Waals surface area contributed by atoms with Crippen LogP contribution in [0.2, 0.25) is 10.0 Å². The van der Waals surface area contributed by atoms with E-state index in [0.29, 0.717) is 55.4 Å². The highest BCUT2D eigenvalue weighted by Crippen LogP contribution is 2.47. The standard InChI is InChI=1S/C30H37Cl2N3O6S2/c1-4-33-26-20-23(31)24(32)21-27(26)35(17-8-10-19-43(39,40)41)29(33)15-11-14-28-30(2,3)22-12-5-6-13-25(22)34(28)16-7-9-18-42(36,37)38/h5-6,11-15,20-21H,4,7-10,16-19H2,1-3H3,(H-,36,37,38,39,40,41)/p+1. The first-order valence-corrected chi connectivity index (χ1v) is 18.2. The van der Waals surface area contributed by atoms with Crippen LogP contribution in [0.25, 0.3) is 17.1 Å². The number of rotatable bonds is 13. The first kappa shape index (κ1) is 33.5. The van der Waals surface area contributed by atoms with Gasteiger partial charge in [0.25, 0.3) is 26.1 Å². The molecule has 0 saturated heterocycles. The summed E-state index contributed by atoms with van der Waals surface area (Å²) in [5.41, 5.74) is 4.75. The number of hydrogen-bond donors (Lipinski definition) is 2. The molecule has 234 valence electrons. The molecule has 3 aromatic rings. The minimum Gasteiger partial charge on any atom is -0.344 e. The number of para-hydroxylation sites is 1. The minimum atomic E-state index is -4.04. The van der Waals surface area contributed by atoms with Crippen molar-refractivity contribution in [1.29, 1.82) is 0 Å². The molecule has 4 rings (SSSR count). The Morgan fingerprint density at radius 1 is 0.930 bits per heavy atom. The average Bonchev–Trinajstić information content (AvgIpc) is 3.31. The van der Waals surface area contributed by atoms with Gasteiger partial charge in [-0.2, -0.15) is 16.8 Å². The molecule has 1 aromatic heterocycles. The van der Waals surface area contributed by atoms with Crippen LogP contribution < -0.4 is 9.47 Å².